The number of rotatable bonds is 2. The topological polar surface area (TPSA) is 146 Å². The second-order valence-corrected chi connectivity index (χ2v) is 8.73. The highest BCUT2D eigenvalue weighted by Crippen LogP contribution is 2.48. The van der Waals surface area contributed by atoms with Gasteiger partial charge in [-0.25, -0.2) is 13.6 Å². The van der Waals surface area contributed by atoms with Gasteiger partial charge in [-0.3, -0.25) is 30.2 Å². The fourth-order valence-corrected chi connectivity index (χ4v) is 5.37. The van der Waals surface area contributed by atoms with Crippen LogP contribution in [-0.2, 0) is 20.7 Å². The number of aromatic nitrogens is 2. The van der Waals surface area contributed by atoms with Crippen molar-refractivity contribution in [1.82, 2.24) is 20.6 Å². The van der Waals surface area contributed by atoms with Gasteiger partial charge >= 0.3 is 6.03 Å². The minimum atomic E-state index is -1.87. The van der Waals surface area contributed by atoms with Gasteiger partial charge in [-0.1, -0.05) is 5.16 Å². The zero-order chi connectivity index (χ0) is 25.1. The Morgan fingerprint density at radius 3 is 2.54 bits per heavy atom. The minimum absolute atomic E-state index is 0.0241. The fourth-order valence-electron chi connectivity index (χ4n) is 5.37. The van der Waals surface area contributed by atoms with Gasteiger partial charge in [0, 0.05) is 30.9 Å². The van der Waals surface area contributed by atoms with Crippen molar-refractivity contribution in [1.29, 1.82) is 0 Å². The molecule has 0 aliphatic carbocycles. The minimum Gasteiger partial charge on any atom is -0.410 e. The number of nitrogens with zero attached hydrogens (tertiary/aromatic N) is 4. The number of carbonyl (C=O) groups is 3. The summed E-state index contributed by atoms with van der Waals surface area (Å²) in [5.74, 6) is -4.27. The molecule has 0 radical (unpaired) electrons. The van der Waals surface area contributed by atoms with E-state index in [1.807, 2.05) is 0 Å². The van der Waals surface area contributed by atoms with E-state index in [0.717, 1.165) is 0 Å². The molecule has 1 spiro atoms. The van der Waals surface area contributed by atoms with E-state index in [1.54, 1.807) is 13.8 Å². The zero-order valence-electron chi connectivity index (χ0n) is 18.6. The van der Waals surface area contributed by atoms with E-state index < -0.39 is 58.7 Å². The third kappa shape index (κ3) is 3.26. The zero-order valence-corrected chi connectivity index (χ0v) is 18.6. The predicted molar refractivity (Wildman–Crippen MR) is 115 cm³/mol. The Balaban J connectivity index is 1.74. The third-order valence-electron chi connectivity index (χ3n) is 6.63. The van der Waals surface area contributed by atoms with Gasteiger partial charge in [0.25, 0.3) is 0 Å². The summed E-state index contributed by atoms with van der Waals surface area (Å²) in [6.45, 7) is 3.41. The van der Waals surface area contributed by atoms with Gasteiger partial charge in [-0.05, 0) is 25.5 Å². The van der Waals surface area contributed by atoms with Crippen molar-refractivity contribution in [2.45, 2.75) is 38.5 Å². The van der Waals surface area contributed by atoms with Crippen molar-refractivity contribution in [2.24, 2.45) is 10.6 Å². The molecule has 0 bridgehead atoms. The molecule has 4 amide bonds. The Morgan fingerprint density at radius 1 is 1.20 bits per heavy atom. The number of ether oxygens (including phenoxy) is 1. The normalized spacial score (nSPS) is 25.6. The average Bonchev–Trinajstić information content (AvgIpc) is 2.81. The lowest BCUT2D eigenvalue weighted by Crippen LogP contribution is -2.75. The molecular formula is C22H20F2N6O5. The van der Waals surface area contributed by atoms with E-state index >= 15 is 8.78 Å². The maximum atomic E-state index is 15.7. The van der Waals surface area contributed by atoms with Crippen molar-refractivity contribution in [3.05, 3.63) is 53.1 Å². The Kier molecular flexibility index (Phi) is 5.24. The van der Waals surface area contributed by atoms with E-state index in [1.165, 1.54) is 29.6 Å². The van der Waals surface area contributed by atoms with Crippen molar-refractivity contribution < 1.29 is 33.1 Å². The lowest BCUT2D eigenvalue weighted by molar-refractivity contribution is -0.153. The number of amides is 4. The van der Waals surface area contributed by atoms with Crippen LogP contribution in [0.15, 0.2) is 29.8 Å². The molecule has 11 nitrogen and oxygen atoms in total. The van der Waals surface area contributed by atoms with Crippen LogP contribution in [0.25, 0.3) is 0 Å². The summed E-state index contributed by atoms with van der Waals surface area (Å²) in [6, 6.07) is -0.772. The number of urea groups is 1. The van der Waals surface area contributed by atoms with Crippen molar-refractivity contribution in [3.8, 4) is 0 Å². The summed E-state index contributed by atoms with van der Waals surface area (Å²) in [5.41, 5.74) is -2.72. The molecule has 3 N–H and O–H groups in total. The Hall–Kier alpha value is -4.00. The van der Waals surface area contributed by atoms with Crippen LogP contribution in [0.1, 0.15) is 30.7 Å². The maximum Gasteiger partial charge on any atom is 0.328 e. The Labute approximate surface area is 197 Å². The first kappa shape index (κ1) is 22.8. The van der Waals surface area contributed by atoms with Crippen LogP contribution in [0.4, 0.5) is 19.3 Å². The molecular weight excluding hydrogens is 466 g/mol. The van der Waals surface area contributed by atoms with Crippen LogP contribution >= 0.6 is 0 Å². The van der Waals surface area contributed by atoms with Crippen molar-refractivity contribution >= 4 is 29.2 Å². The smallest absolute Gasteiger partial charge is 0.328 e. The Bertz CT molecular complexity index is 1270. The van der Waals surface area contributed by atoms with Crippen molar-refractivity contribution in [3.63, 3.8) is 0 Å². The molecule has 3 atom stereocenters. The standard InChI is InChI=1S/C22H20F2N6O5/c1-9-8-30-17-11(5-12(14(23)15(17)24)16(29-34)13-7-25-3-4-26-13)6-22(18(30)10(2)35-9)19(31)27-21(33)28-20(22)32/h3-5,7,9-10,18,34H,6,8H2,1-2H3,(H2,27,28,31,32,33)/t9-,10+,18-/m1/s1. The SMILES string of the molecule is C[C@@H]1CN2c3c(cc(C(=NO)c4cnccn4)c(F)c3F)CC3(C(=O)NC(=O)NC3=O)[C@H]2[C@H](C)O1. The summed E-state index contributed by atoms with van der Waals surface area (Å²) in [7, 11) is 0. The lowest BCUT2D eigenvalue weighted by atomic mass is 9.66. The Morgan fingerprint density at radius 2 is 1.91 bits per heavy atom. The molecule has 35 heavy (non-hydrogen) atoms. The predicted octanol–water partition coefficient (Wildman–Crippen LogP) is 0.872. The molecule has 13 heteroatoms. The molecule has 4 heterocycles. The molecule has 0 saturated carbocycles. The lowest BCUT2D eigenvalue weighted by Gasteiger charge is -2.55. The molecule has 182 valence electrons. The summed E-state index contributed by atoms with van der Waals surface area (Å²) >= 11 is 0. The van der Waals surface area contributed by atoms with E-state index in [9.17, 15) is 19.6 Å². The van der Waals surface area contributed by atoms with Gasteiger partial charge in [-0.15, -0.1) is 0 Å². The van der Waals surface area contributed by atoms with Crippen LogP contribution in [0.3, 0.4) is 0 Å². The van der Waals surface area contributed by atoms with Crippen LogP contribution in [-0.4, -0.2) is 63.5 Å². The maximum absolute atomic E-state index is 15.7. The van der Waals surface area contributed by atoms with Gasteiger partial charge in [0.05, 0.1) is 30.1 Å². The first-order chi connectivity index (χ1) is 16.7. The number of morpholine rings is 1. The number of barbiturate groups is 1. The van der Waals surface area contributed by atoms with Gasteiger partial charge in [-0.2, -0.15) is 0 Å². The largest absolute Gasteiger partial charge is 0.410 e. The third-order valence-corrected chi connectivity index (χ3v) is 6.63. The molecule has 1 aromatic carbocycles. The number of hydrogen-bond donors (Lipinski definition) is 3. The number of hydrogen-bond acceptors (Lipinski definition) is 9. The molecule has 3 aliphatic rings. The summed E-state index contributed by atoms with van der Waals surface area (Å²) in [6.07, 6.45) is 2.32. The van der Waals surface area contributed by atoms with Crippen molar-refractivity contribution in [2.75, 3.05) is 11.4 Å². The molecule has 3 aliphatic heterocycles. The first-order valence-corrected chi connectivity index (χ1v) is 10.8. The van der Waals surface area contributed by atoms with Gasteiger partial charge in [0.15, 0.2) is 17.0 Å². The summed E-state index contributed by atoms with van der Waals surface area (Å²) in [4.78, 5) is 47.5. The quantitative estimate of drug-likeness (QED) is 0.245. The first-order valence-electron chi connectivity index (χ1n) is 10.8. The van der Waals surface area contributed by atoms with Gasteiger partial charge < -0.3 is 14.8 Å². The fraction of sp³-hybridized carbons (Fsp3) is 0.364. The molecule has 0 unspecified atom stereocenters. The average molecular weight is 486 g/mol. The number of benzene rings is 1. The van der Waals surface area contributed by atoms with E-state index in [2.05, 4.69) is 25.8 Å². The number of anilines is 1. The molecule has 2 aromatic rings. The second-order valence-electron chi connectivity index (χ2n) is 8.73. The van der Waals surface area contributed by atoms with Crippen LogP contribution in [0.5, 0.6) is 0 Å². The number of fused-ring (bicyclic) bond motifs is 4. The summed E-state index contributed by atoms with van der Waals surface area (Å²) in [5, 5.41) is 17.0. The highest BCUT2D eigenvalue weighted by atomic mass is 19.2. The monoisotopic (exact) mass is 486 g/mol. The number of oxime groups is 1. The van der Waals surface area contributed by atoms with Gasteiger partial charge in [0.2, 0.25) is 11.8 Å². The molecule has 1 aromatic heterocycles. The van der Waals surface area contributed by atoms with Gasteiger partial charge in [0.1, 0.15) is 11.4 Å². The molecule has 2 saturated heterocycles. The highest BCUT2D eigenvalue weighted by molar-refractivity contribution is 6.20. The van der Waals surface area contributed by atoms with Crippen LogP contribution in [0.2, 0.25) is 0 Å². The number of imide groups is 2. The summed E-state index contributed by atoms with van der Waals surface area (Å²) < 4.78 is 37.0. The van der Waals surface area contributed by atoms with E-state index in [-0.39, 0.29) is 35.6 Å². The number of halogens is 2. The second kappa shape index (κ2) is 8.05. The number of nitrogens with one attached hydrogen (secondary N) is 2. The molecule has 5 rings (SSSR count). The highest BCUT2D eigenvalue weighted by Gasteiger charge is 2.63. The number of carbonyl (C=O) groups excluding carboxylic acids is 3. The molecule has 2 fully saturated rings. The van der Waals surface area contributed by atoms with E-state index in [0.29, 0.717) is 0 Å². The van der Waals surface area contributed by atoms with E-state index in [4.69, 9.17) is 4.74 Å². The van der Waals surface area contributed by atoms with Crippen LogP contribution < -0.4 is 15.5 Å². The van der Waals surface area contributed by atoms with Crippen LogP contribution in [0, 0.1) is 17.0 Å².